The highest BCUT2D eigenvalue weighted by atomic mass is 16.2. The Morgan fingerprint density at radius 2 is 1.54 bits per heavy atom. The first-order valence-corrected chi connectivity index (χ1v) is 17.4. The van der Waals surface area contributed by atoms with Crippen LogP contribution in [-0.4, -0.2) is 115 Å². The van der Waals surface area contributed by atoms with E-state index in [2.05, 4.69) is 45.9 Å². The van der Waals surface area contributed by atoms with Gasteiger partial charge in [-0.25, -0.2) is 0 Å². The van der Waals surface area contributed by atoms with Crippen LogP contribution in [0.4, 0.5) is 5.69 Å². The Morgan fingerprint density at radius 1 is 0.917 bits per heavy atom. The zero-order valence-corrected chi connectivity index (χ0v) is 29.3. The SMILES string of the molecule is CN1CCC(N2CCN(C(=O)CCC=O)CC2)CC1.CN1CCC(c2cc3ccccc3[nH]c2=O)CC1.Cc1cc(C)c(N)c(C=N)c1. The van der Waals surface area contributed by atoms with Gasteiger partial charge in [0.2, 0.25) is 5.91 Å². The molecule has 0 atom stereocenters. The molecule has 4 N–H and O–H groups in total. The molecular weight excluding hydrogens is 602 g/mol. The number of benzene rings is 2. The molecular formula is C38H55N7O3. The molecule has 3 saturated heterocycles. The maximum Gasteiger partial charge on any atom is 0.251 e. The van der Waals surface area contributed by atoms with E-state index in [-0.39, 0.29) is 11.5 Å². The van der Waals surface area contributed by atoms with Crippen molar-refractivity contribution in [1.29, 1.82) is 5.41 Å². The van der Waals surface area contributed by atoms with Crippen LogP contribution in [-0.2, 0) is 9.59 Å². The van der Waals surface area contributed by atoms with Gasteiger partial charge in [0.25, 0.3) is 5.56 Å². The summed E-state index contributed by atoms with van der Waals surface area (Å²) < 4.78 is 0. The number of likely N-dealkylation sites (tertiary alicyclic amines) is 2. The number of para-hydroxylation sites is 1. The first kappa shape index (κ1) is 37.0. The number of hydrogen-bond acceptors (Lipinski definition) is 8. The second kappa shape index (κ2) is 18.1. The summed E-state index contributed by atoms with van der Waals surface area (Å²) in [5, 5.41) is 8.20. The quantitative estimate of drug-likeness (QED) is 0.203. The number of piperidine rings is 2. The number of aromatic nitrogens is 1. The number of nitrogen functional groups attached to an aromatic ring is 1. The van der Waals surface area contributed by atoms with Crippen LogP contribution in [0.5, 0.6) is 0 Å². The molecule has 0 unspecified atom stereocenters. The van der Waals surface area contributed by atoms with E-state index in [1.54, 1.807) is 0 Å². The van der Waals surface area contributed by atoms with Gasteiger partial charge in [-0.1, -0.05) is 29.8 Å². The summed E-state index contributed by atoms with van der Waals surface area (Å²) in [5.41, 5.74) is 11.4. The maximum absolute atomic E-state index is 12.1. The molecule has 1 aromatic heterocycles. The average molecular weight is 658 g/mol. The van der Waals surface area contributed by atoms with E-state index in [1.807, 2.05) is 49.1 Å². The average Bonchev–Trinajstić information content (AvgIpc) is 3.10. The van der Waals surface area contributed by atoms with Crippen molar-refractivity contribution < 1.29 is 9.59 Å². The summed E-state index contributed by atoms with van der Waals surface area (Å²) in [6.07, 6.45) is 7.49. The minimum Gasteiger partial charge on any atom is -0.398 e. The highest BCUT2D eigenvalue weighted by Crippen LogP contribution is 2.26. The van der Waals surface area contributed by atoms with Crippen molar-refractivity contribution in [3.8, 4) is 0 Å². The van der Waals surface area contributed by atoms with Crippen molar-refractivity contribution in [2.45, 2.75) is 64.3 Å². The minimum atomic E-state index is 0.0863. The number of fused-ring (bicyclic) bond motifs is 1. The van der Waals surface area contributed by atoms with Gasteiger partial charge in [-0.15, -0.1) is 0 Å². The molecule has 10 heteroatoms. The van der Waals surface area contributed by atoms with Crippen molar-refractivity contribution in [1.82, 2.24) is 24.6 Å². The second-order valence-electron chi connectivity index (χ2n) is 13.6. The zero-order valence-electron chi connectivity index (χ0n) is 29.3. The predicted octanol–water partition coefficient (Wildman–Crippen LogP) is 4.42. The first-order chi connectivity index (χ1) is 23.1. The van der Waals surface area contributed by atoms with E-state index < -0.39 is 0 Å². The van der Waals surface area contributed by atoms with Gasteiger partial charge in [0.15, 0.2) is 0 Å². The summed E-state index contributed by atoms with van der Waals surface area (Å²) >= 11 is 0. The molecule has 0 bridgehead atoms. The molecule has 10 nitrogen and oxygen atoms in total. The number of carbonyl (C=O) groups excluding carboxylic acids is 2. The lowest BCUT2D eigenvalue weighted by Gasteiger charge is -2.42. The molecule has 6 rings (SSSR count). The normalized spacial score (nSPS) is 18.4. The Labute approximate surface area is 285 Å². The van der Waals surface area contributed by atoms with E-state index >= 15 is 0 Å². The van der Waals surface area contributed by atoms with Crippen LogP contribution in [0, 0.1) is 19.3 Å². The van der Waals surface area contributed by atoms with Gasteiger partial charge in [-0.05, 0) is 115 Å². The molecule has 0 aliphatic carbocycles. The molecule has 260 valence electrons. The molecule has 3 aliphatic heterocycles. The van der Waals surface area contributed by atoms with E-state index in [0.29, 0.717) is 30.5 Å². The molecule has 0 radical (unpaired) electrons. The van der Waals surface area contributed by atoms with Crippen LogP contribution in [0.15, 0.2) is 47.3 Å². The number of carbonyl (C=O) groups is 2. The van der Waals surface area contributed by atoms with Crippen molar-refractivity contribution in [2.24, 2.45) is 0 Å². The number of amides is 1. The third-order valence-electron chi connectivity index (χ3n) is 10.0. The number of H-pyrrole nitrogens is 1. The fourth-order valence-corrected chi connectivity index (χ4v) is 6.96. The highest BCUT2D eigenvalue weighted by Gasteiger charge is 2.28. The summed E-state index contributed by atoms with van der Waals surface area (Å²) in [6.45, 7) is 12.1. The lowest BCUT2D eigenvalue weighted by Crippen LogP contribution is -2.54. The van der Waals surface area contributed by atoms with Crippen LogP contribution in [0.1, 0.15) is 66.7 Å². The van der Waals surface area contributed by atoms with Crippen LogP contribution in [0.2, 0.25) is 0 Å². The van der Waals surface area contributed by atoms with Gasteiger partial charge in [0.1, 0.15) is 6.29 Å². The van der Waals surface area contributed by atoms with E-state index in [1.165, 1.54) is 32.1 Å². The number of piperazine rings is 1. The summed E-state index contributed by atoms with van der Waals surface area (Å²) in [5.74, 6) is 0.546. The fourth-order valence-electron chi connectivity index (χ4n) is 6.96. The number of pyridine rings is 1. The molecule has 4 heterocycles. The maximum atomic E-state index is 12.1. The van der Waals surface area contributed by atoms with Crippen LogP contribution < -0.4 is 11.3 Å². The number of aryl methyl sites for hydroxylation is 2. The van der Waals surface area contributed by atoms with Gasteiger partial charge < -0.3 is 35.6 Å². The number of nitrogens with one attached hydrogen (secondary N) is 2. The van der Waals surface area contributed by atoms with Gasteiger partial charge in [-0.2, -0.15) is 0 Å². The fraction of sp³-hybridized carbons (Fsp3) is 0.526. The Hall–Kier alpha value is -3.86. The molecule has 3 aromatic rings. The summed E-state index contributed by atoms with van der Waals surface area (Å²) in [4.78, 5) is 46.4. The predicted molar refractivity (Wildman–Crippen MR) is 196 cm³/mol. The van der Waals surface area contributed by atoms with Crippen LogP contribution >= 0.6 is 0 Å². The third-order valence-corrected chi connectivity index (χ3v) is 10.0. The van der Waals surface area contributed by atoms with Gasteiger partial charge >= 0.3 is 0 Å². The Balaban J connectivity index is 0.000000169. The standard InChI is InChI=1S/C15H18N2O.C14H25N3O2.C9H12N2/c1-17-8-6-11(7-9-17)13-10-12-4-2-3-5-14(12)16-15(13)18;1-15-6-4-13(5-7-15)16-8-10-17(11-9-16)14(19)3-2-12-18;1-6-3-7(2)9(11)8(4-6)5-10/h2-5,10-11H,6-9H2,1H3,(H,16,18);12-13H,2-11H2,1H3;3-5,10H,11H2,1-2H3. The van der Waals surface area contributed by atoms with Crippen LogP contribution in [0.25, 0.3) is 10.9 Å². The number of nitrogens with zero attached hydrogens (tertiary/aromatic N) is 4. The third kappa shape index (κ3) is 10.3. The molecule has 1 amide bonds. The van der Waals surface area contributed by atoms with Gasteiger partial charge in [0.05, 0.1) is 0 Å². The van der Waals surface area contributed by atoms with E-state index in [4.69, 9.17) is 11.1 Å². The van der Waals surface area contributed by atoms with E-state index in [9.17, 15) is 14.4 Å². The number of hydrogen-bond donors (Lipinski definition) is 3. The molecule has 3 fully saturated rings. The lowest BCUT2D eigenvalue weighted by atomic mass is 9.90. The van der Waals surface area contributed by atoms with Crippen molar-refractivity contribution in [3.05, 3.63) is 75.1 Å². The van der Waals surface area contributed by atoms with Gasteiger partial charge in [0, 0.05) is 73.6 Å². The number of rotatable bonds is 6. The first-order valence-electron chi connectivity index (χ1n) is 17.4. The molecule has 0 saturated carbocycles. The van der Waals surface area contributed by atoms with Crippen molar-refractivity contribution >= 4 is 35.0 Å². The lowest BCUT2D eigenvalue weighted by molar-refractivity contribution is -0.134. The highest BCUT2D eigenvalue weighted by molar-refractivity contribution is 5.86. The smallest absolute Gasteiger partial charge is 0.251 e. The van der Waals surface area contributed by atoms with Crippen molar-refractivity contribution in [2.75, 3.05) is 72.2 Å². The monoisotopic (exact) mass is 657 g/mol. The second-order valence-corrected chi connectivity index (χ2v) is 13.6. The van der Waals surface area contributed by atoms with E-state index in [0.717, 1.165) is 91.6 Å². The number of aldehydes is 1. The van der Waals surface area contributed by atoms with Crippen LogP contribution in [0.3, 0.4) is 0 Å². The zero-order chi connectivity index (χ0) is 34.6. The van der Waals surface area contributed by atoms with Gasteiger partial charge in [-0.3, -0.25) is 14.5 Å². The topological polar surface area (TPSA) is 130 Å². The Bertz CT molecular complexity index is 1560. The number of aromatic amines is 1. The molecule has 2 aromatic carbocycles. The summed E-state index contributed by atoms with van der Waals surface area (Å²) in [6, 6.07) is 14.7. The van der Waals surface area contributed by atoms with Crippen molar-refractivity contribution in [3.63, 3.8) is 0 Å². The largest absolute Gasteiger partial charge is 0.398 e. The Morgan fingerprint density at radius 3 is 2.17 bits per heavy atom. The Kier molecular flexibility index (Phi) is 13.9. The number of nitrogens with two attached hydrogens (primary N) is 1. The molecule has 48 heavy (non-hydrogen) atoms. The minimum absolute atomic E-state index is 0.0863. The molecule has 0 spiro atoms. The molecule has 3 aliphatic rings. The summed E-state index contributed by atoms with van der Waals surface area (Å²) in [7, 11) is 4.32. The number of anilines is 1.